The van der Waals surface area contributed by atoms with Gasteiger partial charge in [0.2, 0.25) is 5.91 Å². The van der Waals surface area contributed by atoms with E-state index in [0.717, 1.165) is 11.1 Å². The van der Waals surface area contributed by atoms with E-state index in [1.807, 2.05) is 31.2 Å². The van der Waals surface area contributed by atoms with Crippen molar-refractivity contribution >= 4 is 35.2 Å². The van der Waals surface area contributed by atoms with Crippen LogP contribution < -0.4 is 10.2 Å². The number of esters is 1. The molecule has 6 heteroatoms. The zero-order valence-corrected chi connectivity index (χ0v) is 16.9. The van der Waals surface area contributed by atoms with Crippen LogP contribution in [-0.2, 0) is 19.1 Å². The van der Waals surface area contributed by atoms with Gasteiger partial charge in [0.05, 0.1) is 11.4 Å². The van der Waals surface area contributed by atoms with Crippen molar-refractivity contribution in [2.24, 2.45) is 0 Å². The van der Waals surface area contributed by atoms with Crippen LogP contribution in [0.2, 0.25) is 0 Å². The van der Waals surface area contributed by atoms with Gasteiger partial charge in [-0.05, 0) is 51.5 Å². The Balaban J connectivity index is 1.76. The maximum Gasteiger partial charge on any atom is 0.331 e. The van der Waals surface area contributed by atoms with Crippen molar-refractivity contribution in [1.29, 1.82) is 0 Å². The SMILES string of the molecule is Cc1ccc(/C=C/C(=O)O[C@@H](C)C(=O)N2c3ccccc3NC(=O)C2(C)C)cc1. The molecule has 0 aromatic heterocycles. The maximum atomic E-state index is 13.1. The molecule has 1 atom stereocenters. The molecule has 6 nitrogen and oxygen atoms in total. The van der Waals surface area contributed by atoms with E-state index in [9.17, 15) is 14.4 Å². The summed E-state index contributed by atoms with van der Waals surface area (Å²) in [6, 6.07) is 14.7. The summed E-state index contributed by atoms with van der Waals surface area (Å²) in [6.07, 6.45) is 1.87. The van der Waals surface area contributed by atoms with Gasteiger partial charge in [-0.2, -0.15) is 0 Å². The minimum Gasteiger partial charge on any atom is -0.449 e. The van der Waals surface area contributed by atoms with E-state index in [-0.39, 0.29) is 5.91 Å². The topological polar surface area (TPSA) is 75.7 Å². The van der Waals surface area contributed by atoms with Crippen LogP contribution in [0.1, 0.15) is 31.9 Å². The van der Waals surface area contributed by atoms with E-state index in [2.05, 4.69) is 5.32 Å². The van der Waals surface area contributed by atoms with Crippen LogP contribution in [-0.4, -0.2) is 29.4 Å². The van der Waals surface area contributed by atoms with E-state index < -0.39 is 23.5 Å². The van der Waals surface area contributed by atoms with Crippen LogP contribution in [0.25, 0.3) is 6.08 Å². The minimum atomic E-state index is -1.12. The smallest absolute Gasteiger partial charge is 0.331 e. The number of carbonyl (C=O) groups is 3. The molecule has 0 radical (unpaired) electrons. The molecule has 0 unspecified atom stereocenters. The Labute approximate surface area is 170 Å². The molecule has 1 aliphatic heterocycles. The normalized spacial score (nSPS) is 16.1. The lowest BCUT2D eigenvalue weighted by molar-refractivity contribution is -0.149. The highest BCUT2D eigenvalue weighted by Gasteiger charge is 2.45. The molecule has 1 heterocycles. The molecule has 0 bridgehead atoms. The van der Waals surface area contributed by atoms with Crippen molar-refractivity contribution in [2.75, 3.05) is 10.2 Å². The highest BCUT2D eigenvalue weighted by molar-refractivity contribution is 6.15. The van der Waals surface area contributed by atoms with Crippen LogP contribution >= 0.6 is 0 Å². The van der Waals surface area contributed by atoms with Crippen molar-refractivity contribution in [2.45, 2.75) is 39.3 Å². The summed E-state index contributed by atoms with van der Waals surface area (Å²) >= 11 is 0. The standard InChI is InChI=1S/C23H24N2O4/c1-15-9-11-17(12-10-15)13-14-20(26)29-16(2)21(27)25-19-8-6-5-7-18(19)24-22(28)23(25,3)4/h5-14,16H,1-4H3,(H,24,28)/b14-13+/t16-/m0/s1. The fourth-order valence-electron chi connectivity index (χ4n) is 3.13. The summed E-state index contributed by atoms with van der Waals surface area (Å²) < 4.78 is 5.31. The number of hydrogen-bond donors (Lipinski definition) is 1. The quantitative estimate of drug-likeness (QED) is 0.636. The number of fused-ring (bicyclic) bond motifs is 1. The summed E-state index contributed by atoms with van der Waals surface area (Å²) in [7, 11) is 0. The van der Waals surface area contributed by atoms with Gasteiger partial charge in [0, 0.05) is 6.08 Å². The van der Waals surface area contributed by atoms with Crippen molar-refractivity contribution in [1.82, 2.24) is 0 Å². The summed E-state index contributed by atoms with van der Waals surface area (Å²) in [5.41, 5.74) is 1.97. The first-order valence-electron chi connectivity index (χ1n) is 9.40. The summed E-state index contributed by atoms with van der Waals surface area (Å²) in [6.45, 7) is 6.80. The van der Waals surface area contributed by atoms with Crippen molar-refractivity contribution in [3.8, 4) is 0 Å². The highest BCUT2D eigenvalue weighted by Crippen LogP contribution is 2.37. The van der Waals surface area contributed by atoms with Gasteiger partial charge in [-0.1, -0.05) is 42.0 Å². The molecule has 0 fully saturated rings. The Bertz CT molecular complexity index is 977. The van der Waals surface area contributed by atoms with Crippen LogP contribution in [0.4, 0.5) is 11.4 Å². The second kappa shape index (κ2) is 7.91. The molecular formula is C23H24N2O4. The monoisotopic (exact) mass is 392 g/mol. The van der Waals surface area contributed by atoms with Crippen molar-refractivity contribution < 1.29 is 19.1 Å². The molecule has 150 valence electrons. The molecule has 2 aromatic carbocycles. The van der Waals surface area contributed by atoms with E-state index >= 15 is 0 Å². The van der Waals surface area contributed by atoms with Crippen LogP contribution in [0.15, 0.2) is 54.6 Å². The van der Waals surface area contributed by atoms with Gasteiger partial charge in [-0.15, -0.1) is 0 Å². The summed E-state index contributed by atoms with van der Waals surface area (Å²) in [4.78, 5) is 39.2. The van der Waals surface area contributed by atoms with Gasteiger partial charge in [-0.3, -0.25) is 14.5 Å². The first-order valence-corrected chi connectivity index (χ1v) is 9.40. The third-order valence-electron chi connectivity index (χ3n) is 4.86. The fraction of sp³-hybridized carbons (Fsp3) is 0.261. The third kappa shape index (κ3) is 4.21. The Morgan fingerprint density at radius 2 is 1.76 bits per heavy atom. The molecule has 29 heavy (non-hydrogen) atoms. The average Bonchev–Trinajstić information content (AvgIpc) is 2.68. The number of carbonyl (C=O) groups excluding carboxylic acids is 3. The lowest BCUT2D eigenvalue weighted by Gasteiger charge is -2.42. The third-order valence-corrected chi connectivity index (χ3v) is 4.86. The number of benzene rings is 2. The number of nitrogens with one attached hydrogen (secondary N) is 1. The number of amides is 2. The fourth-order valence-corrected chi connectivity index (χ4v) is 3.13. The molecule has 2 aromatic rings. The first kappa shape index (κ1) is 20.3. The first-order chi connectivity index (χ1) is 13.7. The molecule has 0 saturated heterocycles. The Morgan fingerprint density at radius 1 is 1.10 bits per heavy atom. The lowest BCUT2D eigenvalue weighted by atomic mass is 9.95. The summed E-state index contributed by atoms with van der Waals surface area (Å²) in [5, 5.41) is 2.81. The largest absolute Gasteiger partial charge is 0.449 e. The Morgan fingerprint density at radius 3 is 2.45 bits per heavy atom. The predicted molar refractivity (Wildman–Crippen MR) is 112 cm³/mol. The van der Waals surface area contributed by atoms with Gasteiger partial charge < -0.3 is 10.1 Å². The predicted octanol–water partition coefficient (Wildman–Crippen LogP) is 3.70. The highest BCUT2D eigenvalue weighted by atomic mass is 16.5. The Kier molecular flexibility index (Phi) is 5.55. The van der Waals surface area contributed by atoms with Crippen molar-refractivity contribution in [3.63, 3.8) is 0 Å². The number of rotatable bonds is 4. The number of anilines is 2. The number of hydrogen-bond acceptors (Lipinski definition) is 4. The number of para-hydroxylation sites is 2. The van der Waals surface area contributed by atoms with Crippen LogP contribution in [0, 0.1) is 6.92 Å². The second-order valence-electron chi connectivity index (χ2n) is 7.53. The molecule has 2 amide bonds. The molecule has 0 spiro atoms. The molecule has 3 rings (SSSR count). The second-order valence-corrected chi connectivity index (χ2v) is 7.53. The number of ether oxygens (including phenoxy) is 1. The zero-order chi connectivity index (χ0) is 21.2. The van der Waals surface area contributed by atoms with E-state index in [0.29, 0.717) is 11.4 Å². The van der Waals surface area contributed by atoms with E-state index in [1.54, 1.807) is 44.2 Å². The molecule has 1 aliphatic rings. The molecular weight excluding hydrogens is 368 g/mol. The Hall–Kier alpha value is -3.41. The summed E-state index contributed by atoms with van der Waals surface area (Å²) in [5.74, 6) is -1.39. The van der Waals surface area contributed by atoms with E-state index in [4.69, 9.17) is 4.74 Å². The van der Waals surface area contributed by atoms with Gasteiger partial charge >= 0.3 is 5.97 Å². The van der Waals surface area contributed by atoms with Gasteiger partial charge in [0.25, 0.3) is 5.91 Å². The van der Waals surface area contributed by atoms with Crippen molar-refractivity contribution in [3.05, 3.63) is 65.7 Å². The van der Waals surface area contributed by atoms with Gasteiger partial charge in [0.15, 0.2) is 6.10 Å². The zero-order valence-electron chi connectivity index (χ0n) is 16.9. The molecule has 1 N–H and O–H groups in total. The number of nitrogens with zero attached hydrogens (tertiary/aromatic N) is 1. The minimum absolute atomic E-state index is 0.303. The average molecular weight is 392 g/mol. The van der Waals surface area contributed by atoms with Crippen LogP contribution in [0.3, 0.4) is 0 Å². The molecule has 0 saturated carbocycles. The maximum absolute atomic E-state index is 13.1. The number of aryl methyl sites for hydroxylation is 1. The van der Waals surface area contributed by atoms with E-state index in [1.165, 1.54) is 17.9 Å². The lowest BCUT2D eigenvalue weighted by Crippen LogP contribution is -2.60. The van der Waals surface area contributed by atoms with Gasteiger partial charge in [-0.25, -0.2) is 4.79 Å². The molecule has 0 aliphatic carbocycles. The van der Waals surface area contributed by atoms with Gasteiger partial charge in [0.1, 0.15) is 5.54 Å². The van der Waals surface area contributed by atoms with Crippen LogP contribution in [0.5, 0.6) is 0 Å².